The molecule has 0 aliphatic carbocycles. The number of aryl methyl sites for hydroxylation is 1. The van der Waals surface area contributed by atoms with Crippen LogP contribution in [0.5, 0.6) is 5.75 Å². The molecule has 0 spiro atoms. The molecule has 19 heavy (non-hydrogen) atoms. The molecular formula is C15H16N2O2. The van der Waals surface area contributed by atoms with Crippen LogP contribution < -0.4 is 15.8 Å². The molecule has 3 N–H and O–H groups in total. The average Bonchev–Trinajstić information content (AvgIpc) is 2.42. The van der Waals surface area contributed by atoms with Crippen LogP contribution in [0.1, 0.15) is 15.9 Å². The van der Waals surface area contributed by atoms with Gasteiger partial charge in [0.25, 0.3) is 5.91 Å². The first-order valence-electron chi connectivity index (χ1n) is 5.92. The van der Waals surface area contributed by atoms with Crippen molar-refractivity contribution in [1.29, 1.82) is 0 Å². The van der Waals surface area contributed by atoms with Crippen molar-refractivity contribution in [2.75, 3.05) is 18.2 Å². The standard InChI is InChI=1S/C15H16N2O2/c1-10-5-3-8-13(14(10)16)15(18)17-11-6-4-7-12(9-11)19-2/h3-9H,16H2,1-2H3,(H,17,18). The van der Waals surface area contributed by atoms with E-state index < -0.39 is 0 Å². The van der Waals surface area contributed by atoms with Crippen LogP contribution in [-0.4, -0.2) is 13.0 Å². The quantitative estimate of drug-likeness (QED) is 0.830. The van der Waals surface area contributed by atoms with Gasteiger partial charge in [0, 0.05) is 17.4 Å². The molecule has 0 aliphatic heterocycles. The Hall–Kier alpha value is -2.49. The van der Waals surface area contributed by atoms with E-state index in [-0.39, 0.29) is 5.91 Å². The molecule has 0 saturated carbocycles. The van der Waals surface area contributed by atoms with Crippen molar-refractivity contribution < 1.29 is 9.53 Å². The van der Waals surface area contributed by atoms with Gasteiger partial charge in [-0.05, 0) is 30.7 Å². The Kier molecular flexibility index (Phi) is 3.71. The Balaban J connectivity index is 2.23. The molecule has 0 saturated heterocycles. The van der Waals surface area contributed by atoms with E-state index in [2.05, 4.69) is 5.32 Å². The summed E-state index contributed by atoms with van der Waals surface area (Å²) in [5.41, 5.74) is 8.44. The van der Waals surface area contributed by atoms with E-state index in [4.69, 9.17) is 10.5 Å². The van der Waals surface area contributed by atoms with Crippen LogP contribution in [0.3, 0.4) is 0 Å². The fourth-order valence-corrected chi connectivity index (χ4v) is 1.78. The highest BCUT2D eigenvalue weighted by Gasteiger charge is 2.11. The SMILES string of the molecule is COc1cccc(NC(=O)c2cccc(C)c2N)c1. The summed E-state index contributed by atoms with van der Waals surface area (Å²) in [6.07, 6.45) is 0. The van der Waals surface area contributed by atoms with Crippen molar-refractivity contribution in [1.82, 2.24) is 0 Å². The lowest BCUT2D eigenvalue weighted by Gasteiger charge is -2.10. The smallest absolute Gasteiger partial charge is 0.257 e. The van der Waals surface area contributed by atoms with E-state index >= 15 is 0 Å². The number of nitrogens with one attached hydrogen (secondary N) is 1. The topological polar surface area (TPSA) is 64.3 Å². The fraction of sp³-hybridized carbons (Fsp3) is 0.133. The highest BCUT2D eigenvalue weighted by atomic mass is 16.5. The molecule has 0 atom stereocenters. The van der Waals surface area contributed by atoms with Crippen LogP contribution in [0.2, 0.25) is 0 Å². The predicted molar refractivity (Wildman–Crippen MR) is 76.5 cm³/mol. The van der Waals surface area contributed by atoms with Crippen molar-refractivity contribution >= 4 is 17.3 Å². The van der Waals surface area contributed by atoms with Crippen LogP contribution in [0, 0.1) is 6.92 Å². The number of rotatable bonds is 3. The fourth-order valence-electron chi connectivity index (χ4n) is 1.78. The minimum Gasteiger partial charge on any atom is -0.497 e. The molecule has 4 heteroatoms. The third kappa shape index (κ3) is 2.85. The number of carbonyl (C=O) groups is 1. The molecule has 98 valence electrons. The number of amides is 1. The number of hydrogen-bond donors (Lipinski definition) is 2. The molecular weight excluding hydrogens is 240 g/mol. The number of benzene rings is 2. The molecule has 1 amide bonds. The minimum absolute atomic E-state index is 0.227. The largest absolute Gasteiger partial charge is 0.497 e. The van der Waals surface area contributed by atoms with Gasteiger partial charge >= 0.3 is 0 Å². The van der Waals surface area contributed by atoms with E-state index in [1.54, 1.807) is 25.3 Å². The Bertz CT molecular complexity index is 609. The van der Waals surface area contributed by atoms with E-state index in [0.29, 0.717) is 22.7 Å². The van der Waals surface area contributed by atoms with E-state index in [1.165, 1.54) is 0 Å². The summed E-state index contributed by atoms with van der Waals surface area (Å²) in [6.45, 7) is 1.87. The van der Waals surface area contributed by atoms with Crippen LogP contribution in [0.25, 0.3) is 0 Å². The van der Waals surface area contributed by atoms with Crippen LogP contribution >= 0.6 is 0 Å². The third-order valence-corrected chi connectivity index (χ3v) is 2.90. The summed E-state index contributed by atoms with van der Waals surface area (Å²) in [5, 5.41) is 2.80. The predicted octanol–water partition coefficient (Wildman–Crippen LogP) is 2.84. The zero-order chi connectivity index (χ0) is 13.8. The summed E-state index contributed by atoms with van der Waals surface area (Å²) in [6, 6.07) is 12.6. The zero-order valence-corrected chi connectivity index (χ0v) is 10.9. The van der Waals surface area contributed by atoms with Crippen LogP contribution in [0.4, 0.5) is 11.4 Å². The first-order valence-corrected chi connectivity index (χ1v) is 5.92. The minimum atomic E-state index is -0.227. The monoisotopic (exact) mass is 256 g/mol. The normalized spacial score (nSPS) is 10.0. The number of hydrogen-bond acceptors (Lipinski definition) is 3. The lowest BCUT2D eigenvalue weighted by molar-refractivity contribution is 0.102. The van der Waals surface area contributed by atoms with Gasteiger partial charge in [0.2, 0.25) is 0 Å². The van der Waals surface area contributed by atoms with Gasteiger partial charge in [-0.1, -0.05) is 18.2 Å². The second-order valence-electron chi connectivity index (χ2n) is 4.22. The van der Waals surface area contributed by atoms with Gasteiger partial charge in [0.15, 0.2) is 0 Å². The zero-order valence-electron chi connectivity index (χ0n) is 10.9. The van der Waals surface area contributed by atoms with E-state index in [1.807, 2.05) is 31.2 Å². The molecule has 2 rings (SSSR count). The Labute approximate surface area is 112 Å². The average molecular weight is 256 g/mol. The lowest BCUT2D eigenvalue weighted by atomic mass is 10.1. The summed E-state index contributed by atoms with van der Waals surface area (Å²) in [7, 11) is 1.58. The maximum absolute atomic E-state index is 12.2. The number of nitrogen functional groups attached to an aromatic ring is 1. The van der Waals surface area contributed by atoms with Crippen molar-refractivity contribution in [2.24, 2.45) is 0 Å². The first kappa shape index (κ1) is 13.0. The molecule has 4 nitrogen and oxygen atoms in total. The number of methoxy groups -OCH3 is 1. The molecule has 0 heterocycles. The summed E-state index contributed by atoms with van der Waals surface area (Å²) < 4.78 is 5.11. The van der Waals surface area contributed by atoms with Gasteiger partial charge in [0.1, 0.15) is 5.75 Å². The van der Waals surface area contributed by atoms with Gasteiger partial charge < -0.3 is 15.8 Å². The van der Waals surface area contributed by atoms with Crippen molar-refractivity contribution in [3.05, 3.63) is 53.6 Å². The van der Waals surface area contributed by atoms with Crippen molar-refractivity contribution in [2.45, 2.75) is 6.92 Å². The van der Waals surface area contributed by atoms with Gasteiger partial charge in [-0.25, -0.2) is 0 Å². The molecule has 0 unspecified atom stereocenters. The van der Waals surface area contributed by atoms with Gasteiger partial charge in [-0.2, -0.15) is 0 Å². The van der Waals surface area contributed by atoms with Crippen molar-refractivity contribution in [3.8, 4) is 5.75 Å². The maximum atomic E-state index is 12.2. The summed E-state index contributed by atoms with van der Waals surface area (Å²) in [4.78, 5) is 12.2. The number of para-hydroxylation sites is 1. The Morgan fingerprint density at radius 1 is 1.21 bits per heavy atom. The molecule has 0 fully saturated rings. The summed E-state index contributed by atoms with van der Waals surface area (Å²) >= 11 is 0. The Morgan fingerprint density at radius 2 is 1.95 bits per heavy atom. The Morgan fingerprint density at radius 3 is 2.68 bits per heavy atom. The molecule has 2 aromatic carbocycles. The number of ether oxygens (including phenoxy) is 1. The third-order valence-electron chi connectivity index (χ3n) is 2.90. The molecule has 2 aromatic rings. The second kappa shape index (κ2) is 5.44. The second-order valence-corrected chi connectivity index (χ2v) is 4.22. The van der Waals surface area contributed by atoms with Crippen LogP contribution in [-0.2, 0) is 0 Å². The van der Waals surface area contributed by atoms with Gasteiger partial charge in [0.05, 0.1) is 12.7 Å². The highest BCUT2D eigenvalue weighted by molar-refractivity contribution is 6.08. The first-order chi connectivity index (χ1) is 9.11. The highest BCUT2D eigenvalue weighted by Crippen LogP contribution is 2.20. The van der Waals surface area contributed by atoms with Gasteiger partial charge in [-0.15, -0.1) is 0 Å². The number of nitrogens with two attached hydrogens (primary N) is 1. The molecule has 0 bridgehead atoms. The van der Waals surface area contributed by atoms with Crippen molar-refractivity contribution in [3.63, 3.8) is 0 Å². The van der Waals surface area contributed by atoms with E-state index in [9.17, 15) is 4.79 Å². The number of carbonyl (C=O) groups excluding carboxylic acids is 1. The maximum Gasteiger partial charge on any atom is 0.257 e. The van der Waals surface area contributed by atoms with Gasteiger partial charge in [-0.3, -0.25) is 4.79 Å². The lowest BCUT2D eigenvalue weighted by Crippen LogP contribution is -2.14. The molecule has 0 aromatic heterocycles. The number of anilines is 2. The van der Waals surface area contributed by atoms with E-state index in [0.717, 1.165) is 5.56 Å². The molecule has 0 radical (unpaired) electrons. The van der Waals surface area contributed by atoms with Crippen LogP contribution in [0.15, 0.2) is 42.5 Å². The molecule has 0 aliphatic rings. The summed E-state index contributed by atoms with van der Waals surface area (Å²) in [5.74, 6) is 0.462.